The van der Waals surface area contributed by atoms with E-state index >= 15 is 0 Å². The quantitative estimate of drug-likeness (QED) is 0.687. The van der Waals surface area contributed by atoms with E-state index in [2.05, 4.69) is 0 Å². The summed E-state index contributed by atoms with van der Waals surface area (Å²) in [4.78, 5) is 33.6. The van der Waals surface area contributed by atoms with Crippen molar-refractivity contribution in [2.24, 2.45) is 0 Å². The van der Waals surface area contributed by atoms with E-state index in [9.17, 15) is 19.7 Å². The summed E-state index contributed by atoms with van der Waals surface area (Å²) in [6.45, 7) is 3.34. The third kappa shape index (κ3) is 2.88. The molecule has 22 heavy (non-hydrogen) atoms. The molecule has 0 atom stereocenters. The summed E-state index contributed by atoms with van der Waals surface area (Å²) in [6, 6.07) is 5.82. The van der Waals surface area contributed by atoms with Crippen molar-refractivity contribution < 1.29 is 14.8 Å². The van der Waals surface area contributed by atoms with Crippen LogP contribution in [-0.2, 0) is 11.2 Å². The lowest BCUT2D eigenvalue weighted by molar-refractivity contribution is -0.384. The van der Waals surface area contributed by atoms with Crippen LogP contribution in [0.4, 0.5) is 5.69 Å². The lowest BCUT2D eigenvalue weighted by atomic mass is 10.1. The van der Waals surface area contributed by atoms with Crippen LogP contribution in [0.5, 0.6) is 0 Å². The van der Waals surface area contributed by atoms with Crippen molar-refractivity contribution in [2.75, 3.05) is 0 Å². The van der Waals surface area contributed by atoms with Crippen LogP contribution < -0.4 is 5.56 Å². The zero-order valence-electron chi connectivity index (χ0n) is 12.1. The maximum Gasteiger partial charge on any atom is 0.308 e. The number of aliphatic carboxylic acids is 1. The van der Waals surface area contributed by atoms with Gasteiger partial charge < -0.3 is 5.11 Å². The van der Waals surface area contributed by atoms with Crippen molar-refractivity contribution in [2.45, 2.75) is 20.3 Å². The van der Waals surface area contributed by atoms with Crippen LogP contribution in [0.15, 0.2) is 35.3 Å². The van der Waals surface area contributed by atoms with Crippen molar-refractivity contribution in [1.29, 1.82) is 0 Å². The first-order valence-corrected chi connectivity index (χ1v) is 6.49. The van der Waals surface area contributed by atoms with E-state index < -0.39 is 16.5 Å². The SMILES string of the molecule is Cc1cc([N+](=O)[O-])cc(C)c1-n1cccc(CC(=O)O)c1=O. The van der Waals surface area contributed by atoms with Crippen LogP contribution in [0, 0.1) is 24.0 Å². The molecule has 0 saturated carbocycles. The van der Waals surface area contributed by atoms with Crippen LogP contribution in [-0.4, -0.2) is 20.6 Å². The van der Waals surface area contributed by atoms with Crippen molar-refractivity contribution in [3.05, 3.63) is 67.6 Å². The normalized spacial score (nSPS) is 10.5. The fourth-order valence-electron chi connectivity index (χ4n) is 2.43. The summed E-state index contributed by atoms with van der Waals surface area (Å²) < 4.78 is 1.33. The molecule has 1 N–H and O–H groups in total. The van der Waals surface area contributed by atoms with Gasteiger partial charge >= 0.3 is 5.97 Å². The highest BCUT2D eigenvalue weighted by atomic mass is 16.6. The van der Waals surface area contributed by atoms with Gasteiger partial charge in [0.2, 0.25) is 0 Å². The molecule has 0 spiro atoms. The van der Waals surface area contributed by atoms with Gasteiger partial charge in [0.05, 0.1) is 17.0 Å². The number of non-ortho nitro benzene ring substituents is 1. The number of rotatable bonds is 4. The molecular weight excluding hydrogens is 288 g/mol. The highest BCUT2D eigenvalue weighted by molar-refractivity contribution is 5.70. The van der Waals surface area contributed by atoms with Gasteiger partial charge in [0, 0.05) is 23.9 Å². The predicted octanol–water partition coefficient (Wildman–Crippen LogP) is 1.99. The van der Waals surface area contributed by atoms with Crippen LogP contribution in [0.1, 0.15) is 16.7 Å². The minimum absolute atomic E-state index is 0.0477. The van der Waals surface area contributed by atoms with Crippen LogP contribution >= 0.6 is 0 Å². The molecule has 0 unspecified atom stereocenters. The Morgan fingerprint density at radius 1 is 1.32 bits per heavy atom. The number of hydrogen-bond acceptors (Lipinski definition) is 4. The third-order valence-electron chi connectivity index (χ3n) is 3.30. The van der Waals surface area contributed by atoms with Crippen molar-refractivity contribution in [1.82, 2.24) is 4.57 Å². The minimum atomic E-state index is -1.09. The molecule has 0 saturated heterocycles. The van der Waals surface area contributed by atoms with E-state index in [1.54, 1.807) is 19.9 Å². The first-order chi connectivity index (χ1) is 10.3. The average molecular weight is 302 g/mol. The molecule has 7 nitrogen and oxygen atoms in total. The van der Waals surface area contributed by atoms with Gasteiger partial charge in [0.15, 0.2) is 0 Å². The van der Waals surface area contributed by atoms with Crippen molar-refractivity contribution in [3.8, 4) is 5.69 Å². The van der Waals surface area contributed by atoms with E-state index in [4.69, 9.17) is 5.11 Å². The largest absolute Gasteiger partial charge is 0.481 e. The number of aromatic nitrogens is 1. The first-order valence-electron chi connectivity index (χ1n) is 6.49. The van der Waals surface area contributed by atoms with E-state index in [0.717, 1.165) is 0 Å². The Labute approximate surface area is 125 Å². The summed E-state index contributed by atoms with van der Waals surface area (Å²) in [6.07, 6.45) is 1.15. The molecule has 2 rings (SSSR count). The Hall–Kier alpha value is -2.96. The number of carbonyl (C=O) groups is 1. The number of pyridine rings is 1. The second-order valence-electron chi connectivity index (χ2n) is 4.96. The van der Waals surface area contributed by atoms with Crippen LogP contribution in [0.3, 0.4) is 0 Å². The smallest absolute Gasteiger partial charge is 0.308 e. The van der Waals surface area contributed by atoms with E-state index in [1.165, 1.54) is 29.0 Å². The number of hydrogen-bond donors (Lipinski definition) is 1. The van der Waals surface area contributed by atoms with Gasteiger partial charge in [-0.3, -0.25) is 24.3 Å². The monoisotopic (exact) mass is 302 g/mol. The van der Waals surface area contributed by atoms with Crippen molar-refractivity contribution >= 4 is 11.7 Å². The zero-order chi connectivity index (χ0) is 16.4. The molecule has 7 heteroatoms. The Morgan fingerprint density at radius 3 is 2.41 bits per heavy atom. The summed E-state index contributed by atoms with van der Waals surface area (Å²) in [5.74, 6) is -1.09. The van der Waals surface area contributed by atoms with E-state index in [1.807, 2.05) is 0 Å². The molecule has 0 aliphatic carbocycles. The number of carboxylic acid groups (broad SMARTS) is 1. The van der Waals surface area contributed by atoms with Gasteiger partial charge in [-0.15, -0.1) is 0 Å². The maximum absolute atomic E-state index is 12.4. The number of benzene rings is 1. The maximum atomic E-state index is 12.4. The Kier molecular flexibility index (Phi) is 4.07. The molecule has 0 amide bonds. The van der Waals surface area contributed by atoms with Gasteiger partial charge in [-0.1, -0.05) is 6.07 Å². The van der Waals surface area contributed by atoms with Crippen LogP contribution in [0.25, 0.3) is 5.69 Å². The fourth-order valence-corrected chi connectivity index (χ4v) is 2.43. The highest BCUT2D eigenvalue weighted by Gasteiger charge is 2.15. The first kappa shape index (κ1) is 15.4. The topological polar surface area (TPSA) is 102 Å². The number of nitrogens with zero attached hydrogens (tertiary/aromatic N) is 2. The van der Waals surface area contributed by atoms with Gasteiger partial charge in [0.1, 0.15) is 0 Å². The zero-order valence-corrected chi connectivity index (χ0v) is 12.1. The lowest BCUT2D eigenvalue weighted by Gasteiger charge is -2.13. The molecule has 1 aromatic heterocycles. The Morgan fingerprint density at radius 2 is 1.91 bits per heavy atom. The molecule has 0 radical (unpaired) electrons. The van der Waals surface area contributed by atoms with Gasteiger partial charge in [-0.2, -0.15) is 0 Å². The highest BCUT2D eigenvalue weighted by Crippen LogP contribution is 2.24. The van der Waals surface area contributed by atoms with E-state index in [0.29, 0.717) is 16.8 Å². The Balaban J connectivity index is 2.65. The average Bonchev–Trinajstić information content (AvgIpc) is 2.41. The van der Waals surface area contributed by atoms with Crippen molar-refractivity contribution in [3.63, 3.8) is 0 Å². The summed E-state index contributed by atoms with van der Waals surface area (Å²) in [5.41, 5.74) is 1.34. The molecule has 0 fully saturated rings. The molecule has 114 valence electrons. The van der Waals surface area contributed by atoms with Gasteiger partial charge in [-0.25, -0.2) is 0 Å². The summed E-state index contributed by atoms with van der Waals surface area (Å²) >= 11 is 0. The fraction of sp³-hybridized carbons (Fsp3) is 0.200. The van der Waals surface area contributed by atoms with Gasteiger partial charge in [-0.05, 0) is 31.0 Å². The number of carboxylic acids is 1. The molecule has 1 aromatic carbocycles. The second kappa shape index (κ2) is 5.80. The molecule has 1 heterocycles. The second-order valence-corrected chi connectivity index (χ2v) is 4.96. The summed E-state index contributed by atoms with van der Waals surface area (Å²) in [5, 5.41) is 19.7. The minimum Gasteiger partial charge on any atom is -0.481 e. The summed E-state index contributed by atoms with van der Waals surface area (Å²) in [7, 11) is 0. The molecule has 0 bridgehead atoms. The number of nitro benzene ring substituents is 1. The molecular formula is C15H14N2O5. The molecule has 0 aliphatic rings. The third-order valence-corrected chi connectivity index (χ3v) is 3.30. The number of nitro groups is 1. The van der Waals surface area contributed by atoms with Crippen LogP contribution in [0.2, 0.25) is 0 Å². The predicted molar refractivity (Wildman–Crippen MR) is 79.5 cm³/mol. The van der Waals surface area contributed by atoms with Gasteiger partial charge in [0.25, 0.3) is 11.2 Å². The number of aryl methyl sites for hydroxylation is 2. The van der Waals surface area contributed by atoms with E-state index in [-0.39, 0.29) is 17.7 Å². The Bertz CT molecular complexity index is 800. The standard InChI is InChI=1S/C15H14N2O5/c1-9-6-12(17(21)22)7-10(2)14(9)16-5-3-4-11(15(16)20)8-13(18)19/h3-7H,8H2,1-2H3,(H,18,19). The molecule has 2 aromatic rings. The molecule has 0 aliphatic heterocycles. The lowest BCUT2D eigenvalue weighted by Crippen LogP contribution is -2.24.